The van der Waals surface area contributed by atoms with E-state index in [-0.39, 0.29) is 23.4 Å². The van der Waals surface area contributed by atoms with E-state index in [4.69, 9.17) is 0 Å². The normalized spacial score (nSPS) is 22.6. The van der Waals surface area contributed by atoms with Gasteiger partial charge in [-0.25, -0.2) is 8.42 Å². The van der Waals surface area contributed by atoms with E-state index in [2.05, 4.69) is 19.2 Å². The minimum Gasteiger partial charge on any atom is -0.352 e. The van der Waals surface area contributed by atoms with E-state index in [9.17, 15) is 13.2 Å². The van der Waals surface area contributed by atoms with Crippen molar-refractivity contribution in [2.75, 3.05) is 10.8 Å². The molecule has 2 bridgehead atoms. The summed E-state index contributed by atoms with van der Waals surface area (Å²) in [4.78, 5) is 13.1. The van der Waals surface area contributed by atoms with Crippen LogP contribution in [0.25, 0.3) is 0 Å². The average Bonchev–Trinajstić information content (AvgIpc) is 3.35. The van der Waals surface area contributed by atoms with Crippen LogP contribution in [0, 0.1) is 18.8 Å². The lowest BCUT2D eigenvalue weighted by Crippen LogP contribution is -2.46. The van der Waals surface area contributed by atoms with Crippen LogP contribution in [0.5, 0.6) is 0 Å². The first-order valence-corrected chi connectivity index (χ1v) is 12.7. The summed E-state index contributed by atoms with van der Waals surface area (Å²) >= 11 is 0. The van der Waals surface area contributed by atoms with Crippen LogP contribution in [0.2, 0.25) is 0 Å². The Labute approximate surface area is 185 Å². The summed E-state index contributed by atoms with van der Waals surface area (Å²) in [7, 11) is -3.87. The molecule has 1 N–H and O–H groups in total. The van der Waals surface area contributed by atoms with Crippen molar-refractivity contribution < 1.29 is 13.2 Å². The second kappa shape index (κ2) is 8.65. The van der Waals surface area contributed by atoms with Gasteiger partial charge in [0.25, 0.3) is 10.0 Å². The van der Waals surface area contributed by atoms with E-state index in [0.717, 1.165) is 24.0 Å². The molecule has 0 radical (unpaired) electrons. The number of hydrogen-bond acceptors (Lipinski definition) is 3. The highest BCUT2D eigenvalue weighted by Crippen LogP contribution is 2.44. The first-order chi connectivity index (χ1) is 14.7. The molecule has 31 heavy (non-hydrogen) atoms. The van der Waals surface area contributed by atoms with E-state index < -0.39 is 10.0 Å². The number of anilines is 1. The second-order valence-corrected chi connectivity index (χ2v) is 11.3. The van der Waals surface area contributed by atoms with E-state index >= 15 is 0 Å². The Morgan fingerprint density at radius 2 is 1.71 bits per heavy atom. The first-order valence-electron chi connectivity index (χ1n) is 11.2. The Morgan fingerprint density at radius 1 is 1.03 bits per heavy atom. The Hall–Kier alpha value is -2.34. The van der Waals surface area contributed by atoms with Gasteiger partial charge in [-0.2, -0.15) is 0 Å². The minimum absolute atomic E-state index is 0.179. The van der Waals surface area contributed by atoms with Crippen molar-refractivity contribution in [3.05, 3.63) is 59.7 Å². The van der Waals surface area contributed by atoms with Gasteiger partial charge in [-0.3, -0.25) is 9.10 Å². The van der Waals surface area contributed by atoms with Crippen molar-refractivity contribution in [3.63, 3.8) is 0 Å². The molecule has 2 fully saturated rings. The maximum absolute atomic E-state index is 13.5. The number of hydrogen-bond donors (Lipinski definition) is 1. The maximum atomic E-state index is 13.5. The quantitative estimate of drug-likeness (QED) is 0.683. The van der Waals surface area contributed by atoms with E-state index in [0.29, 0.717) is 23.4 Å². The standard InChI is InChI=1S/C25H32N2O3S/c1-17(2)20-8-10-22(11-9-20)27(31(29,30)23-12-4-18(3)5-13-23)16-25(28)26-24-15-19-6-7-21(24)14-19/h4-5,8-13,17,19,21,24H,6-7,14-16H2,1-3H3,(H,26,28)/t19-,21-,24+/m0/s1. The lowest BCUT2D eigenvalue weighted by atomic mass is 9.95. The van der Waals surface area contributed by atoms with Crippen LogP contribution in [0.1, 0.15) is 56.6 Å². The molecule has 6 heteroatoms. The second-order valence-electron chi connectivity index (χ2n) is 9.42. The third-order valence-electron chi connectivity index (χ3n) is 6.83. The third-order valence-corrected chi connectivity index (χ3v) is 8.62. The Morgan fingerprint density at radius 3 is 2.26 bits per heavy atom. The summed E-state index contributed by atoms with van der Waals surface area (Å²) in [6, 6.07) is 14.4. The molecule has 2 aromatic rings. The molecule has 0 spiro atoms. The monoisotopic (exact) mass is 440 g/mol. The van der Waals surface area contributed by atoms with Gasteiger partial charge in [0.15, 0.2) is 0 Å². The van der Waals surface area contributed by atoms with Crippen molar-refractivity contribution in [2.45, 2.75) is 63.3 Å². The highest BCUT2D eigenvalue weighted by atomic mass is 32.2. The van der Waals surface area contributed by atoms with Gasteiger partial charge in [-0.15, -0.1) is 0 Å². The van der Waals surface area contributed by atoms with Crippen LogP contribution in [0.15, 0.2) is 53.4 Å². The largest absolute Gasteiger partial charge is 0.352 e. The van der Waals surface area contributed by atoms with E-state index in [1.54, 1.807) is 36.4 Å². The average molecular weight is 441 g/mol. The fraction of sp³-hybridized carbons (Fsp3) is 0.480. The summed E-state index contributed by atoms with van der Waals surface area (Å²) in [5.74, 6) is 1.37. The molecule has 4 rings (SSSR count). The van der Waals surface area contributed by atoms with Crippen molar-refractivity contribution in [1.82, 2.24) is 5.32 Å². The molecule has 0 aliphatic heterocycles. The third kappa shape index (κ3) is 4.64. The molecule has 2 aliphatic rings. The molecule has 0 unspecified atom stereocenters. The van der Waals surface area contributed by atoms with Gasteiger partial charge in [0.05, 0.1) is 10.6 Å². The van der Waals surface area contributed by atoms with Crippen LogP contribution in [0.3, 0.4) is 0 Å². The fourth-order valence-corrected chi connectivity index (χ4v) is 6.40. The topological polar surface area (TPSA) is 66.5 Å². The molecule has 0 heterocycles. The molecular formula is C25H32N2O3S. The Kier molecular flexibility index (Phi) is 6.11. The number of benzene rings is 2. The molecule has 1 amide bonds. The van der Waals surface area contributed by atoms with Gasteiger partial charge < -0.3 is 5.32 Å². The number of nitrogens with zero attached hydrogens (tertiary/aromatic N) is 1. The highest BCUT2D eigenvalue weighted by molar-refractivity contribution is 7.92. The van der Waals surface area contributed by atoms with Crippen LogP contribution in [-0.2, 0) is 14.8 Å². The summed E-state index contributed by atoms with van der Waals surface area (Å²) in [5.41, 5.74) is 2.62. The van der Waals surface area contributed by atoms with E-state index in [1.165, 1.54) is 17.1 Å². The van der Waals surface area contributed by atoms with Crippen molar-refractivity contribution in [2.24, 2.45) is 11.8 Å². The first kappa shape index (κ1) is 21.9. The zero-order valence-electron chi connectivity index (χ0n) is 18.5. The molecule has 2 saturated carbocycles. The van der Waals surface area contributed by atoms with Crippen molar-refractivity contribution in [3.8, 4) is 0 Å². The van der Waals surface area contributed by atoms with Crippen LogP contribution >= 0.6 is 0 Å². The predicted molar refractivity (Wildman–Crippen MR) is 124 cm³/mol. The number of rotatable bonds is 7. The van der Waals surface area contributed by atoms with Gasteiger partial charge >= 0.3 is 0 Å². The number of carbonyl (C=O) groups is 1. The van der Waals surface area contributed by atoms with Gasteiger partial charge in [-0.05, 0) is 73.8 Å². The minimum atomic E-state index is -3.87. The number of sulfonamides is 1. The number of aryl methyl sites for hydroxylation is 1. The fourth-order valence-electron chi connectivity index (χ4n) is 4.98. The number of amides is 1. The zero-order valence-corrected chi connectivity index (χ0v) is 19.4. The summed E-state index contributed by atoms with van der Waals surface area (Å²) in [5, 5.41) is 3.13. The SMILES string of the molecule is Cc1ccc(S(=O)(=O)N(CC(=O)N[C@@H]2C[C@H]3CC[C@H]2C3)c2ccc(C(C)C)cc2)cc1. The molecule has 0 aromatic heterocycles. The van der Waals surface area contributed by atoms with Gasteiger partial charge in [-0.1, -0.05) is 50.1 Å². The van der Waals surface area contributed by atoms with Gasteiger partial charge in [0.2, 0.25) is 5.91 Å². The molecule has 0 saturated heterocycles. The van der Waals surface area contributed by atoms with Crippen molar-refractivity contribution in [1.29, 1.82) is 0 Å². The smallest absolute Gasteiger partial charge is 0.264 e. The lowest BCUT2D eigenvalue weighted by Gasteiger charge is -2.27. The molecule has 2 aromatic carbocycles. The summed E-state index contributed by atoms with van der Waals surface area (Å²) in [6.45, 7) is 5.89. The highest BCUT2D eigenvalue weighted by Gasteiger charge is 2.40. The van der Waals surface area contributed by atoms with Crippen molar-refractivity contribution >= 4 is 21.6 Å². The molecule has 5 nitrogen and oxygen atoms in total. The number of nitrogens with one attached hydrogen (secondary N) is 1. The van der Waals surface area contributed by atoms with Crippen LogP contribution < -0.4 is 9.62 Å². The lowest BCUT2D eigenvalue weighted by molar-refractivity contribution is -0.120. The van der Waals surface area contributed by atoms with E-state index in [1.807, 2.05) is 19.1 Å². The van der Waals surface area contributed by atoms with Crippen LogP contribution in [0.4, 0.5) is 5.69 Å². The molecule has 2 aliphatic carbocycles. The molecular weight excluding hydrogens is 408 g/mol. The summed E-state index contributed by atoms with van der Waals surface area (Å²) < 4.78 is 28.3. The maximum Gasteiger partial charge on any atom is 0.264 e. The van der Waals surface area contributed by atoms with Gasteiger partial charge in [0.1, 0.15) is 6.54 Å². The number of carbonyl (C=O) groups excluding carboxylic acids is 1. The van der Waals surface area contributed by atoms with Crippen LogP contribution in [-0.4, -0.2) is 26.9 Å². The number of fused-ring (bicyclic) bond motifs is 2. The summed E-state index contributed by atoms with van der Waals surface area (Å²) in [6.07, 6.45) is 4.63. The predicted octanol–water partition coefficient (Wildman–Crippen LogP) is 4.62. The Balaban J connectivity index is 1.60. The zero-order chi connectivity index (χ0) is 22.2. The molecule has 166 valence electrons. The Bertz CT molecular complexity index is 1030. The van der Waals surface area contributed by atoms with Gasteiger partial charge in [0, 0.05) is 6.04 Å². The molecule has 3 atom stereocenters.